The molecule has 2 rings (SSSR count). The van der Waals surface area contributed by atoms with Crippen molar-refractivity contribution in [2.24, 2.45) is 0 Å². The Morgan fingerprint density at radius 2 is 1.65 bits per heavy atom. The topological polar surface area (TPSA) is 52.7 Å². The number of hydrogen-bond donors (Lipinski definition) is 2. The standard InChI is InChI=1S/C14H20F3N3O.C2H6/c15-14(16,17)13-9-12(18)2-1-11(13)10-20-5-3-19(4-6-20)7-8-21;1-2/h1-2,9,21H,3-8,10,18H2;1-2H3. The minimum atomic E-state index is -4.39. The maximum atomic E-state index is 13.0. The zero-order valence-electron chi connectivity index (χ0n) is 13.7. The number of piperazine rings is 1. The lowest BCUT2D eigenvalue weighted by Crippen LogP contribution is -2.46. The summed E-state index contributed by atoms with van der Waals surface area (Å²) in [6.45, 7) is 7.90. The van der Waals surface area contributed by atoms with E-state index in [2.05, 4.69) is 4.90 Å². The third-order valence-corrected chi connectivity index (χ3v) is 3.71. The van der Waals surface area contributed by atoms with Crippen LogP contribution < -0.4 is 5.73 Å². The van der Waals surface area contributed by atoms with Gasteiger partial charge in [-0.05, 0) is 17.7 Å². The predicted molar refractivity (Wildman–Crippen MR) is 86.0 cm³/mol. The van der Waals surface area contributed by atoms with E-state index in [-0.39, 0.29) is 24.4 Å². The minimum absolute atomic E-state index is 0.107. The van der Waals surface area contributed by atoms with Crippen LogP contribution in [0.1, 0.15) is 25.0 Å². The van der Waals surface area contributed by atoms with E-state index in [4.69, 9.17) is 10.8 Å². The summed E-state index contributed by atoms with van der Waals surface area (Å²) in [6.07, 6.45) is -4.39. The number of hydrogen-bond acceptors (Lipinski definition) is 4. The molecule has 23 heavy (non-hydrogen) atoms. The van der Waals surface area contributed by atoms with Crippen LogP contribution in [0.4, 0.5) is 18.9 Å². The van der Waals surface area contributed by atoms with Crippen LogP contribution in [-0.4, -0.2) is 54.2 Å². The second kappa shape index (κ2) is 9.10. The van der Waals surface area contributed by atoms with Crippen LogP contribution in [0.2, 0.25) is 0 Å². The number of aliphatic hydroxyl groups excluding tert-OH is 1. The van der Waals surface area contributed by atoms with Crippen molar-refractivity contribution < 1.29 is 18.3 Å². The number of aliphatic hydroxyl groups is 1. The van der Waals surface area contributed by atoms with Gasteiger partial charge in [-0.3, -0.25) is 9.80 Å². The van der Waals surface area contributed by atoms with Crippen LogP contribution in [0, 0.1) is 0 Å². The molecule has 0 amide bonds. The number of nitrogens with zero attached hydrogens (tertiary/aromatic N) is 2. The Labute approximate surface area is 135 Å². The van der Waals surface area contributed by atoms with Gasteiger partial charge in [0, 0.05) is 45.0 Å². The summed E-state index contributed by atoms with van der Waals surface area (Å²) in [7, 11) is 0. The zero-order chi connectivity index (χ0) is 17.5. The number of β-amino-alcohol motifs (C(OH)–C–C–N with tert-alkyl or cyclic N) is 1. The van der Waals surface area contributed by atoms with Gasteiger partial charge in [0.2, 0.25) is 0 Å². The van der Waals surface area contributed by atoms with Crippen molar-refractivity contribution in [3.8, 4) is 0 Å². The van der Waals surface area contributed by atoms with Crippen molar-refractivity contribution in [2.75, 3.05) is 45.1 Å². The Morgan fingerprint density at radius 1 is 1.09 bits per heavy atom. The monoisotopic (exact) mass is 333 g/mol. The molecule has 0 atom stereocenters. The molecule has 1 aromatic rings. The van der Waals surface area contributed by atoms with Crippen molar-refractivity contribution >= 4 is 5.69 Å². The first-order chi connectivity index (χ1) is 10.9. The van der Waals surface area contributed by atoms with Gasteiger partial charge < -0.3 is 10.8 Å². The molecule has 1 fully saturated rings. The third kappa shape index (κ3) is 6.01. The van der Waals surface area contributed by atoms with Gasteiger partial charge in [-0.25, -0.2) is 0 Å². The highest BCUT2D eigenvalue weighted by Gasteiger charge is 2.34. The minimum Gasteiger partial charge on any atom is -0.399 e. The van der Waals surface area contributed by atoms with Crippen LogP contribution in [0.15, 0.2) is 18.2 Å². The van der Waals surface area contributed by atoms with E-state index in [1.54, 1.807) is 0 Å². The summed E-state index contributed by atoms with van der Waals surface area (Å²) >= 11 is 0. The SMILES string of the molecule is CC.Nc1ccc(CN2CCN(CCO)CC2)c(C(F)(F)F)c1. The summed E-state index contributed by atoms with van der Waals surface area (Å²) in [5, 5.41) is 8.88. The molecule has 0 aliphatic carbocycles. The highest BCUT2D eigenvalue weighted by Crippen LogP contribution is 2.34. The van der Waals surface area contributed by atoms with E-state index in [1.165, 1.54) is 12.1 Å². The lowest BCUT2D eigenvalue weighted by atomic mass is 10.1. The van der Waals surface area contributed by atoms with Crippen molar-refractivity contribution in [2.45, 2.75) is 26.6 Å². The quantitative estimate of drug-likeness (QED) is 0.831. The molecule has 1 heterocycles. The largest absolute Gasteiger partial charge is 0.416 e. The second-order valence-electron chi connectivity index (χ2n) is 5.26. The van der Waals surface area contributed by atoms with Gasteiger partial charge in [-0.15, -0.1) is 0 Å². The number of anilines is 1. The molecule has 0 unspecified atom stereocenters. The number of nitrogen functional groups attached to an aromatic ring is 1. The zero-order valence-corrected chi connectivity index (χ0v) is 13.7. The van der Waals surface area contributed by atoms with Gasteiger partial charge in [-0.1, -0.05) is 19.9 Å². The lowest BCUT2D eigenvalue weighted by molar-refractivity contribution is -0.138. The maximum absolute atomic E-state index is 13.0. The van der Waals surface area contributed by atoms with E-state index in [9.17, 15) is 13.2 Å². The van der Waals surface area contributed by atoms with Crippen LogP contribution >= 0.6 is 0 Å². The van der Waals surface area contributed by atoms with E-state index in [0.29, 0.717) is 19.6 Å². The fraction of sp³-hybridized carbons (Fsp3) is 0.625. The first-order valence-electron chi connectivity index (χ1n) is 7.91. The maximum Gasteiger partial charge on any atom is 0.416 e. The Bertz CT molecular complexity index is 472. The normalized spacial score (nSPS) is 16.8. The van der Waals surface area contributed by atoms with E-state index in [0.717, 1.165) is 19.2 Å². The fourth-order valence-electron chi connectivity index (χ4n) is 2.55. The first-order valence-corrected chi connectivity index (χ1v) is 7.91. The molecule has 1 aliphatic heterocycles. The molecule has 7 heteroatoms. The molecule has 0 aromatic heterocycles. The van der Waals surface area contributed by atoms with E-state index < -0.39 is 11.7 Å². The molecule has 0 saturated carbocycles. The molecule has 3 N–H and O–H groups in total. The smallest absolute Gasteiger partial charge is 0.399 e. The molecular weight excluding hydrogens is 307 g/mol. The van der Waals surface area contributed by atoms with Crippen LogP contribution in [-0.2, 0) is 12.7 Å². The second-order valence-corrected chi connectivity index (χ2v) is 5.26. The highest BCUT2D eigenvalue weighted by atomic mass is 19.4. The van der Waals surface area contributed by atoms with Crippen molar-refractivity contribution in [3.63, 3.8) is 0 Å². The summed E-state index contributed by atoms with van der Waals surface area (Å²) in [4.78, 5) is 4.10. The molecule has 0 spiro atoms. The van der Waals surface area contributed by atoms with Gasteiger partial charge in [0.1, 0.15) is 0 Å². The summed E-state index contributed by atoms with van der Waals surface area (Å²) < 4.78 is 39.1. The van der Waals surface area contributed by atoms with Crippen molar-refractivity contribution in [1.82, 2.24) is 9.80 Å². The molecule has 1 aromatic carbocycles. The fourth-order valence-corrected chi connectivity index (χ4v) is 2.55. The van der Waals surface area contributed by atoms with Gasteiger partial charge in [0.15, 0.2) is 0 Å². The van der Waals surface area contributed by atoms with Crippen LogP contribution in [0.25, 0.3) is 0 Å². The summed E-state index contributed by atoms with van der Waals surface area (Å²) in [6, 6.07) is 3.96. The van der Waals surface area contributed by atoms with Gasteiger partial charge in [0.25, 0.3) is 0 Å². The van der Waals surface area contributed by atoms with Crippen LogP contribution in [0.3, 0.4) is 0 Å². The summed E-state index contributed by atoms with van der Waals surface area (Å²) in [5.41, 5.74) is 5.19. The van der Waals surface area contributed by atoms with Gasteiger partial charge in [-0.2, -0.15) is 13.2 Å². The van der Waals surface area contributed by atoms with Gasteiger partial charge >= 0.3 is 6.18 Å². The Hall–Kier alpha value is -1.31. The highest BCUT2D eigenvalue weighted by molar-refractivity contribution is 5.46. The van der Waals surface area contributed by atoms with E-state index in [1.807, 2.05) is 18.7 Å². The first kappa shape index (κ1) is 19.7. The number of alkyl halides is 3. The Morgan fingerprint density at radius 3 is 2.17 bits per heavy atom. The number of nitrogens with two attached hydrogens (primary N) is 1. The molecular formula is C16H26F3N3O. The number of rotatable bonds is 4. The molecule has 132 valence electrons. The average Bonchev–Trinajstić information content (AvgIpc) is 2.52. The lowest BCUT2D eigenvalue weighted by Gasteiger charge is -2.34. The average molecular weight is 333 g/mol. The molecule has 4 nitrogen and oxygen atoms in total. The van der Waals surface area contributed by atoms with E-state index >= 15 is 0 Å². The summed E-state index contributed by atoms with van der Waals surface area (Å²) in [5.74, 6) is 0. The molecule has 1 saturated heterocycles. The number of halogens is 3. The van der Waals surface area contributed by atoms with Gasteiger partial charge in [0.05, 0.1) is 12.2 Å². The van der Waals surface area contributed by atoms with Crippen molar-refractivity contribution in [1.29, 1.82) is 0 Å². The van der Waals surface area contributed by atoms with Crippen molar-refractivity contribution in [3.05, 3.63) is 29.3 Å². The Kier molecular flexibility index (Phi) is 7.81. The molecule has 0 bridgehead atoms. The number of benzene rings is 1. The third-order valence-electron chi connectivity index (χ3n) is 3.71. The van der Waals surface area contributed by atoms with Crippen LogP contribution in [0.5, 0.6) is 0 Å². The molecule has 0 radical (unpaired) electrons. The Balaban J connectivity index is 0.00000127. The predicted octanol–water partition coefficient (Wildman–Crippen LogP) is 2.42. The molecule has 1 aliphatic rings.